The summed E-state index contributed by atoms with van der Waals surface area (Å²) < 4.78 is 17.5. The fourth-order valence-corrected chi connectivity index (χ4v) is 4.18. The summed E-state index contributed by atoms with van der Waals surface area (Å²) in [4.78, 5) is 26.4. The fraction of sp³-hybridized carbons (Fsp3) is 0.185. The van der Waals surface area contributed by atoms with E-state index in [2.05, 4.69) is 5.32 Å². The minimum atomic E-state index is -0.939. The third kappa shape index (κ3) is 3.96. The van der Waals surface area contributed by atoms with Crippen molar-refractivity contribution in [2.24, 2.45) is 0 Å². The molecule has 2 atom stereocenters. The van der Waals surface area contributed by atoms with Crippen molar-refractivity contribution in [2.45, 2.75) is 32.0 Å². The first-order chi connectivity index (χ1) is 16.0. The summed E-state index contributed by atoms with van der Waals surface area (Å²) in [5.41, 5.74) is 1.68. The second kappa shape index (κ2) is 8.47. The monoisotopic (exact) mass is 441 g/mol. The van der Waals surface area contributed by atoms with Crippen molar-refractivity contribution in [1.29, 1.82) is 0 Å². The molecule has 1 aliphatic heterocycles. The Kier molecular flexibility index (Phi) is 5.34. The van der Waals surface area contributed by atoms with Gasteiger partial charge in [0.1, 0.15) is 17.1 Å². The number of carbonyl (C=O) groups is 1. The molecule has 0 radical (unpaired) electrons. The molecule has 2 heterocycles. The molecule has 4 aromatic rings. The van der Waals surface area contributed by atoms with Crippen molar-refractivity contribution in [3.05, 3.63) is 100 Å². The summed E-state index contributed by atoms with van der Waals surface area (Å²) in [5.74, 6) is 0.136. The van der Waals surface area contributed by atoms with Gasteiger partial charge in [-0.1, -0.05) is 42.5 Å². The zero-order valence-corrected chi connectivity index (χ0v) is 18.3. The number of hydrogen-bond donors (Lipinski definition) is 1. The summed E-state index contributed by atoms with van der Waals surface area (Å²) in [6.07, 6.45) is -0.903. The van der Waals surface area contributed by atoms with Crippen LogP contribution in [0.4, 0.5) is 5.69 Å². The quantitative estimate of drug-likeness (QED) is 0.436. The Labute approximate surface area is 190 Å². The van der Waals surface area contributed by atoms with Crippen LogP contribution in [-0.2, 0) is 4.79 Å². The Balaban J connectivity index is 1.60. The number of rotatable bonds is 5. The Bertz CT molecular complexity index is 1360. The van der Waals surface area contributed by atoms with E-state index in [9.17, 15) is 9.59 Å². The van der Waals surface area contributed by atoms with Crippen LogP contribution in [-0.4, -0.2) is 18.1 Å². The molecule has 1 aliphatic rings. The highest BCUT2D eigenvalue weighted by atomic mass is 16.5. The molecule has 6 heteroatoms. The summed E-state index contributed by atoms with van der Waals surface area (Å²) >= 11 is 0. The van der Waals surface area contributed by atoms with Crippen LogP contribution in [0.2, 0.25) is 0 Å². The molecule has 0 fully saturated rings. The highest BCUT2D eigenvalue weighted by molar-refractivity contribution is 5.97. The highest BCUT2D eigenvalue weighted by Crippen LogP contribution is 2.44. The third-order valence-corrected chi connectivity index (χ3v) is 5.57. The summed E-state index contributed by atoms with van der Waals surface area (Å²) in [7, 11) is 0. The van der Waals surface area contributed by atoms with Crippen LogP contribution in [0.15, 0.2) is 88.1 Å². The lowest BCUT2D eigenvalue weighted by molar-refractivity contribution is -0.122. The number of amides is 1. The summed E-state index contributed by atoms with van der Waals surface area (Å²) in [5, 5.41) is 3.56. The van der Waals surface area contributed by atoms with Gasteiger partial charge in [0.2, 0.25) is 0 Å². The van der Waals surface area contributed by atoms with Crippen LogP contribution in [0.1, 0.15) is 30.9 Å². The molecule has 0 saturated heterocycles. The number of anilines is 1. The fourth-order valence-electron chi connectivity index (χ4n) is 4.18. The Morgan fingerprint density at radius 2 is 1.64 bits per heavy atom. The van der Waals surface area contributed by atoms with E-state index in [-0.39, 0.29) is 12.0 Å². The number of ether oxygens (including phenoxy) is 2. The normalized spacial score (nSPS) is 16.9. The number of benzene rings is 3. The molecule has 1 amide bonds. The number of para-hydroxylation sites is 2. The van der Waals surface area contributed by atoms with E-state index in [0.29, 0.717) is 33.7 Å². The first-order valence-corrected chi connectivity index (χ1v) is 10.9. The maximum Gasteiger partial charge on any atom is 0.344 e. The Hall–Kier alpha value is -4.06. The van der Waals surface area contributed by atoms with Gasteiger partial charge < -0.3 is 19.2 Å². The van der Waals surface area contributed by atoms with Gasteiger partial charge in [0, 0.05) is 5.69 Å². The minimum Gasteiger partial charge on any atom is -0.491 e. The molecule has 3 aromatic carbocycles. The lowest BCUT2D eigenvalue weighted by atomic mass is 9.88. The lowest BCUT2D eigenvalue weighted by Crippen LogP contribution is -2.35. The van der Waals surface area contributed by atoms with Crippen molar-refractivity contribution in [2.75, 3.05) is 5.32 Å². The van der Waals surface area contributed by atoms with Crippen molar-refractivity contribution < 1.29 is 18.7 Å². The largest absolute Gasteiger partial charge is 0.491 e. The first kappa shape index (κ1) is 20.8. The van der Waals surface area contributed by atoms with Gasteiger partial charge in [0.15, 0.2) is 6.10 Å². The minimum absolute atomic E-state index is 0.0363. The van der Waals surface area contributed by atoms with Crippen LogP contribution in [0.5, 0.6) is 11.5 Å². The van der Waals surface area contributed by atoms with Gasteiger partial charge in [-0.2, -0.15) is 0 Å². The summed E-state index contributed by atoms with van der Waals surface area (Å²) in [6.45, 7) is 3.91. The number of carbonyl (C=O) groups excluding carboxylic acids is 1. The van der Waals surface area contributed by atoms with Crippen LogP contribution in [0, 0.1) is 0 Å². The zero-order chi connectivity index (χ0) is 22.9. The number of fused-ring (bicyclic) bond motifs is 3. The van der Waals surface area contributed by atoms with E-state index >= 15 is 0 Å². The molecule has 1 aromatic heterocycles. The third-order valence-electron chi connectivity index (χ3n) is 5.57. The van der Waals surface area contributed by atoms with Crippen molar-refractivity contribution >= 4 is 22.6 Å². The number of nitrogens with one attached hydrogen (secondary N) is 1. The highest BCUT2D eigenvalue weighted by Gasteiger charge is 2.44. The average Bonchev–Trinajstić information content (AvgIpc) is 3.22. The SMILES string of the molecule is CC(C)Oc1ccc([C@@H]2c3c(c4ccccc4oc3=O)O[C@H]2C(=O)Nc2ccccc2)cc1. The second-order valence-electron chi connectivity index (χ2n) is 8.24. The van der Waals surface area contributed by atoms with Gasteiger partial charge in [-0.15, -0.1) is 0 Å². The van der Waals surface area contributed by atoms with Gasteiger partial charge >= 0.3 is 5.63 Å². The Morgan fingerprint density at radius 1 is 0.939 bits per heavy atom. The molecule has 0 saturated carbocycles. The van der Waals surface area contributed by atoms with E-state index in [1.165, 1.54) is 0 Å². The molecule has 0 spiro atoms. The molecule has 0 aliphatic carbocycles. The molecule has 5 rings (SSSR count). The summed E-state index contributed by atoms with van der Waals surface area (Å²) in [6, 6.07) is 23.7. The van der Waals surface area contributed by atoms with Crippen LogP contribution >= 0.6 is 0 Å². The molecule has 0 bridgehead atoms. The number of hydrogen-bond acceptors (Lipinski definition) is 5. The maximum atomic E-state index is 13.3. The van der Waals surface area contributed by atoms with Gasteiger partial charge in [-0.3, -0.25) is 4.79 Å². The molecular weight excluding hydrogens is 418 g/mol. The van der Waals surface area contributed by atoms with Crippen molar-refractivity contribution in [3.8, 4) is 11.5 Å². The van der Waals surface area contributed by atoms with E-state index < -0.39 is 17.6 Å². The predicted octanol–water partition coefficient (Wildman–Crippen LogP) is 5.11. The van der Waals surface area contributed by atoms with E-state index in [4.69, 9.17) is 13.9 Å². The van der Waals surface area contributed by atoms with E-state index in [0.717, 1.165) is 5.56 Å². The van der Waals surface area contributed by atoms with Crippen LogP contribution < -0.4 is 20.4 Å². The molecular formula is C27H23NO5. The van der Waals surface area contributed by atoms with E-state index in [1.807, 2.05) is 68.4 Å². The van der Waals surface area contributed by atoms with Gasteiger partial charge in [-0.25, -0.2) is 4.79 Å². The molecule has 0 unspecified atom stereocenters. The van der Waals surface area contributed by atoms with Gasteiger partial charge in [0.05, 0.1) is 23.0 Å². The molecule has 1 N–H and O–H groups in total. The molecule has 6 nitrogen and oxygen atoms in total. The zero-order valence-electron chi connectivity index (χ0n) is 18.3. The van der Waals surface area contributed by atoms with Crippen LogP contribution in [0.25, 0.3) is 11.0 Å². The average molecular weight is 441 g/mol. The topological polar surface area (TPSA) is 77.8 Å². The van der Waals surface area contributed by atoms with Crippen molar-refractivity contribution in [3.63, 3.8) is 0 Å². The van der Waals surface area contributed by atoms with Crippen LogP contribution in [0.3, 0.4) is 0 Å². The van der Waals surface area contributed by atoms with Gasteiger partial charge in [0.25, 0.3) is 5.91 Å². The van der Waals surface area contributed by atoms with Gasteiger partial charge in [-0.05, 0) is 55.8 Å². The Morgan fingerprint density at radius 3 is 2.36 bits per heavy atom. The smallest absolute Gasteiger partial charge is 0.344 e. The standard InChI is InChI=1S/C27H23NO5/c1-16(2)31-19-14-12-17(13-15-19)22-23-24(20-10-6-7-11-21(20)32-27(23)30)33-25(22)26(29)28-18-8-4-3-5-9-18/h3-16,22,25H,1-2H3,(H,28,29)/t22-,25-/m1/s1. The molecule has 166 valence electrons. The van der Waals surface area contributed by atoms with Crippen molar-refractivity contribution in [1.82, 2.24) is 0 Å². The molecule has 33 heavy (non-hydrogen) atoms. The lowest BCUT2D eigenvalue weighted by Gasteiger charge is -2.19. The predicted molar refractivity (Wildman–Crippen MR) is 126 cm³/mol. The maximum absolute atomic E-state index is 13.3. The first-order valence-electron chi connectivity index (χ1n) is 10.9. The second-order valence-corrected chi connectivity index (χ2v) is 8.24. The van der Waals surface area contributed by atoms with E-state index in [1.54, 1.807) is 24.3 Å².